The van der Waals surface area contributed by atoms with Gasteiger partial charge >= 0.3 is 0 Å². The molecule has 1 aromatic carbocycles. The highest BCUT2D eigenvalue weighted by atomic mass is 15.2. The van der Waals surface area contributed by atoms with Crippen LogP contribution in [0.2, 0.25) is 0 Å². The van der Waals surface area contributed by atoms with E-state index < -0.39 is 0 Å². The maximum Gasteiger partial charge on any atom is 0.132 e. The number of aryl methyl sites for hydroxylation is 2. The van der Waals surface area contributed by atoms with Gasteiger partial charge in [-0.2, -0.15) is 10.2 Å². The molecule has 4 heterocycles. The van der Waals surface area contributed by atoms with Gasteiger partial charge in [-0.3, -0.25) is 10.2 Å². The number of H-pyrrole nitrogens is 2. The molecule has 0 amide bonds. The minimum absolute atomic E-state index is 0.669. The van der Waals surface area contributed by atoms with Crippen molar-refractivity contribution in [3.05, 3.63) is 42.0 Å². The fourth-order valence-electron chi connectivity index (χ4n) is 4.84. The van der Waals surface area contributed by atoms with Crippen LogP contribution < -0.4 is 4.90 Å². The fourth-order valence-corrected chi connectivity index (χ4v) is 4.84. The standard InChI is InChI=1S/C23H27N7/c1-13-7-14(2)11-30(10-13)21-9-20(24-12-25-21)23-18-8-17(5-6-19(18)28-29-23)22-15(3)26-27-16(22)4/h5-6,8-9,12-14H,7,10-11H2,1-4H3,(H,26,27)(H,28,29). The Labute approximate surface area is 175 Å². The number of rotatable bonds is 3. The Hall–Kier alpha value is -3.22. The summed E-state index contributed by atoms with van der Waals surface area (Å²) in [7, 11) is 0. The van der Waals surface area contributed by atoms with Crippen molar-refractivity contribution in [1.29, 1.82) is 0 Å². The third-order valence-corrected chi connectivity index (χ3v) is 6.07. The van der Waals surface area contributed by atoms with Crippen molar-refractivity contribution >= 4 is 16.7 Å². The molecule has 7 nitrogen and oxygen atoms in total. The number of piperidine rings is 1. The van der Waals surface area contributed by atoms with Crippen molar-refractivity contribution in [1.82, 2.24) is 30.4 Å². The van der Waals surface area contributed by atoms with Crippen molar-refractivity contribution < 1.29 is 0 Å². The molecule has 30 heavy (non-hydrogen) atoms. The van der Waals surface area contributed by atoms with E-state index in [1.807, 2.05) is 13.8 Å². The summed E-state index contributed by atoms with van der Waals surface area (Å²) < 4.78 is 0. The van der Waals surface area contributed by atoms with Crippen molar-refractivity contribution in [2.45, 2.75) is 34.1 Å². The zero-order chi connectivity index (χ0) is 20.8. The van der Waals surface area contributed by atoms with Crippen LogP contribution in [-0.2, 0) is 0 Å². The average Bonchev–Trinajstić information content (AvgIpc) is 3.29. The van der Waals surface area contributed by atoms with Gasteiger partial charge in [-0.25, -0.2) is 9.97 Å². The van der Waals surface area contributed by atoms with Gasteiger partial charge in [0, 0.05) is 35.8 Å². The summed E-state index contributed by atoms with van der Waals surface area (Å²) >= 11 is 0. The summed E-state index contributed by atoms with van der Waals surface area (Å²) in [6.07, 6.45) is 2.93. The van der Waals surface area contributed by atoms with Crippen LogP contribution >= 0.6 is 0 Å². The Kier molecular flexibility index (Phi) is 4.53. The van der Waals surface area contributed by atoms with Crippen molar-refractivity contribution in [2.75, 3.05) is 18.0 Å². The molecular weight excluding hydrogens is 374 g/mol. The first-order valence-electron chi connectivity index (χ1n) is 10.6. The number of anilines is 1. The first kappa shape index (κ1) is 18.8. The molecule has 3 aromatic heterocycles. The third-order valence-electron chi connectivity index (χ3n) is 6.07. The van der Waals surface area contributed by atoms with E-state index in [2.05, 4.69) is 73.4 Å². The number of hydrogen-bond acceptors (Lipinski definition) is 5. The van der Waals surface area contributed by atoms with Crippen molar-refractivity contribution in [2.24, 2.45) is 11.8 Å². The number of aromatic amines is 2. The molecule has 1 saturated heterocycles. The molecule has 0 spiro atoms. The van der Waals surface area contributed by atoms with Crippen LogP contribution in [0.4, 0.5) is 5.82 Å². The Bertz CT molecular complexity index is 1180. The van der Waals surface area contributed by atoms with Gasteiger partial charge in [0.15, 0.2) is 0 Å². The predicted octanol–water partition coefficient (Wildman–Crippen LogP) is 4.51. The number of fused-ring (bicyclic) bond motifs is 1. The van der Waals surface area contributed by atoms with E-state index in [0.29, 0.717) is 11.8 Å². The minimum Gasteiger partial charge on any atom is -0.356 e. The molecule has 1 aliphatic heterocycles. The van der Waals surface area contributed by atoms with Crippen molar-refractivity contribution in [3.8, 4) is 22.5 Å². The largest absolute Gasteiger partial charge is 0.356 e. The van der Waals surface area contributed by atoms with E-state index >= 15 is 0 Å². The number of nitrogens with one attached hydrogen (secondary N) is 2. The van der Waals surface area contributed by atoms with E-state index in [-0.39, 0.29) is 0 Å². The zero-order valence-electron chi connectivity index (χ0n) is 17.9. The molecule has 0 bridgehead atoms. The predicted molar refractivity (Wildman–Crippen MR) is 119 cm³/mol. The molecular formula is C23H27N7. The molecule has 0 saturated carbocycles. The second-order valence-corrected chi connectivity index (χ2v) is 8.75. The zero-order valence-corrected chi connectivity index (χ0v) is 17.9. The second-order valence-electron chi connectivity index (χ2n) is 8.75. The van der Waals surface area contributed by atoms with E-state index in [9.17, 15) is 0 Å². The summed E-state index contributed by atoms with van der Waals surface area (Å²) in [5.41, 5.74) is 7.02. The maximum absolute atomic E-state index is 4.59. The Balaban J connectivity index is 1.56. The Morgan fingerprint density at radius 3 is 2.50 bits per heavy atom. The van der Waals surface area contributed by atoms with Crippen LogP contribution in [0.1, 0.15) is 31.7 Å². The van der Waals surface area contributed by atoms with Crippen LogP contribution in [0.5, 0.6) is 0 Å². The summed E-state index contributed by atoms with van der Waals surface area (Å²) in [6, 6.07) is 8.42. The first-order valence-corrected chi connectivity index (χ1v) is 10.6. The monoisotopic (exact) mass is 401 g/mol. The van der Waals surface area contributed by atoms with Gasteiger partial charge in [-0.1, -0.05) is 19.9 Å². The van der Waals surface area contributed by atoms with Crippen molar-refractivity contribution in [3.63, 3.8) is 0 Å². The second kappa shape index (κ2) is 7.23. The topological polar surface area (TPSA) is 86.4 Å². The van der Waals surface area contributed by atoms with Crippen LogP contribution in [0.3, 0.4) is 0 Å². The van der Waals surface area contributed by atoms with Gasteiger partial charge in [0.1, 0.15) is 17.8 Å². The molecule has 2 atom stereocenters. The highest BCUT2D eigenvalue weighted by Crippen LogP contribution is 2.33. The van der Waals surface area contributed by atoms with Crippen LogP contribution in [0.25, 0.3) is 33.4 Å². The van der Waals surface area contributed by atoms with Gasteiger partial charge in [-0.05, 0) is 49.8 Å². The summed E-state index contributed by atoms with van der Waals surface area (Å²) in [5.74, 6) is 2.32. The maximum atomic E-state index is 4.59. The molecule has 5 rings (SSSR count). The van der Waals surface area contributed by atoms with E-state index in [1.54, 1.807) is 6.33 Å². The molecule has 4 aromatic rings. The molecule has 1 fully saturated rings. The Morgan fingerprint density at radius 2 is 1.77 bits per heavy atom. The molecule has 154 valence electrons. The number of aromatic nitrogens is 6. The highest BCUT2D eigenvalue weighted by Gasteiger charge is 2.23. The molecule has 2 N–H and O–H groups in total. The normalized spacial score (nSPS) is 19.5. The lowest BCUT2D eigenvalue weighted by molar-refractivity contribution is 0.355. The number of hydrogen-bond donors (Lipinski definition) is 2. The Morgan fingerprint density at radius 1 is 0.967 bits per heavy atom. The number of benzene rings is 1. The van der Waals surface area contributed by atoms with Gasteiger partial charge in [0.05, 0.1) is 16.9 Å². The van der Waals surface area contributed by atoms with Gasteiger partial charge < -0.3 is 4.90 Å². The first-order chi connectivity index (χ1) is 14.5. The van der Waals surface area contributed by atoms with Crippen LogP contribution in [-0.4, -0.2) is 43.5 Å². The summed E-state index contributed by atoms with van der Waals surface area (Å²) in [4.78, 5) is 11.5. The summed E-state index contributed by atoms with van der Waals surface area (Å²) in [5, 5.41) is 16.2. The third kappa shape index (κ3) is 3.24. The molecule has 1 aliphatic rings. The highest BCUT2D eigenvalue weighted by molar-refractivity contribution is 5.95. The SMILES string of the molecule is Cc1n[nH]c(C)c1-c1ccc2[nH]nc(-c3cc(N4CC(C)CC(C)C4)ncn3)c2c1. The molecule has 7 heteroatoms. The van der Waals surface area contributed by atoms with E-state index in [0.717, 1.165) is 63.7 Å². The average molecular weight is 402 g/mol. The van der Waals surface area contributed by atoms with E-state index in [1.165, 1.54) is 6.42 Å². The lowest BCUT2D eigenvalue weighted by atomic mass is 9.92. The lowest BCUT2D eigenvalue weighted by Gasteiger charge is -2.35. The smallest absolute Gasteiger partial charge is 0.132 e. The van der Waals surface area contributed by atoms with Crippen LogP contribution in [0.15, 0.2) is 30.6 Å². The van der Waals surface area contributed by atoms with Gasteiger partial charge in [-0.15, -0.1) is 0 Å². The minimum atomic E-state index is 0.669. The quantitative estimate of drug-likeness (QED) is 0.527. The lowest BCUT2D eigenvalue weighted by Crippen LogP contribution is -2.39. The fraction of sp³-hybridized carbons (Fsp3) is 0.391. The summed E-state index contributed by atoms with van der Waals surface area (Å²) in [6.45, 7) is 10.8. The molecule has 0 radical (unpaired) electrons. The van der Waals surface area contributed by atoms with Gasteiger partial charge in [0.25, 0.3) is 0 Å². The van der Waals surface area contributed by atoms with E-state index in [4.69, 9.17) is 0 Å². The van der Waals surface area contributed by atoms with Crippen LogP contribution in [0, 0.1) is 25.7 Å². The van der Waals surface area contributed by atoms with Gasteiger partial charge in [0.2, 0.25) is 0 Å². The molecule has 0 aliphatic carbocycles. The number of nitrogens with zero attached hydrogens (tertiary/aromatic N) is 5. The molecule has 2 unspecified atom stereocenters.